The van der Waals surface area contributed by atoms with E-state index < -0.39 is 0 Å². The number of nitrogens with two attached hydrogens (primary N) is 1. The van der Waals surface area contributed by atoms with E-state index in [0.29, 0.717) is 17.4 Å². The van der Waals surface area contributed by atoms with Crippen LogP contribution in [0.2, 0.25) is 5.02 Å². The van der Waals surface area contributed by atoms with E-state index in [1.165, 1.54) is 23.3 Å². The summed E-state index contributed by atoms with van der Waals surface area (Å²) in [4.78, 5) is 0. The summed E-state index contributed by atoms with van der Waals surface area (Å²) in [6.07, 6.45) is 2.75. The molecule has 0 bridgehead atoms. The topological polar surface area (TPSA) is 26.0 Å². The van der Waals surface area contributed by atoms with Crippen LogP contribution in [0.15, 0.2) is 42.5 Å². The summed E-state index contributed by atoms with van der Waals surface area (Å²) in [6, 6.07) is 13.1. The van der Waals surface area contributed by atoms with Crippen LogP contribution < -0.4 is 5.73 Å². The zero-order valence-corrected chi connectivity index (χ0v) is 11.9. The molecule has 104 valence electrons. The SMILES string of the molecule is NC(Cc1ccc(F)cc1Cl)CC1Cc2ccccc21. The third-order valence-electron chi connectivity index (χ3n) is 4.05. The minimum Gasteiger partial charge on any atom is -0.327 e. The Morgan fingerprint density at radius 2 is 2.05 bits per heavy atom. The van der Waals surface area contributed by atoms with Crippen molar-refractivity contribution in [2.45, 2.75) is 31.2 Å². The van der Waals surface area contributed by atoms with Gasteiger partial charge in [-0.15, -0.1) is 0 Å². The highest BCUT2D eigenvalue weighted by Crippen LogP contribution is 2.38. The minimum atomic E-state index is -0.305. The molecule has 2 unspecified atom stereocenters. The minimum absolute atomic E-state index is 0.0521. The van der Waals surface area contributed by atoms with Crippen LogP contribution in [0.5, 0.6) is 0 Å². The number of fused-ring (bicyclic) bond motifs is 1. The molecule has 0 fully saturated rings. The molecule has 2 aromatic rings. The number of halogens is 2. The van der Waals surface area contributed by atoms with Gasteiger partial charge < -0.3 is 5.73 Å². The highest BCUT2D eigenvalue weighted by Gasteiger charge is 2.27. The largest absolute Gasteiger partial charge is 0.327 e. The van der Waals surface area contributed by atoms with Crippen molar-refractivity contribution in [3.8, 4) is 0 Å². The maximum atomic E-state index is 13.0. The molecule has 0 spiro atoms. The summed E-state index contributed by atoms with van der Waals surface area (Å²) in [5, 5.41) is 0.467. The molecule has 0 radical (unpaired) electrons. The lowest BCUT2D eigenvalue weighted by atomic mass is 9.74. The van der Waals surface area contributed by atoms with Crippen molar-refractivity contribution >= 4 is 11.6 Å². The monoisotopic (exact) mass is 289 g/mol. The molecule has 2 atom stereocenters. The Kier molecular flexibility index (Phi) is 3.77. The highest BCUT2D eigenvalue weighted by molar-refractivity contribution is 6.31. The molecule has 0 heterocycles. The molecule has 20 heavy (non-hydrogen) atoms. The second-order valence-electron chi connectivity index (χ2n) is 5.54. The van der Waals surface area contributed by atoms with Gasteiger partial charge >= 0.3 is 0 Å². The Morgan fingerprint density at radius 1 is 1.25 bits per heavy atom. The van der Waals surface area contributed by atoms with E-state index in [9.17, 15) is 4.39 Å². The van der Waals surface area contributed by atoms with E-state index in [-0.39, 0.29) is 11.9 Å². The lowest BCUT2D eigenvalue weighted by molar-refractivity contribution is 0.484. The molecule has 2 aromatic carbocycles. The Balaban J connectivity index is 1.62. The van der Waals surface area contributed by atoms with Crippen LogP contribution >= 0.6 is 11.6 Å². The van der Waals surface area contributed by atoms with Gasteiger partial charge in [0.25, 0.3) is 0 Å². The van der Waals surface area contributed by atoms with Crippen LogP contribution in [-0.2, 0) is 12.8 Å². The summed E-state index contributed by atoms with van der Waals surface area (Å²) in [7, 11) is 0. The molecular weight excluding hydrogens is 273 g/mol. The van der Waals surface area contributed by atoms with Gasteiger partial charge in [0.2, 0.25) is 0 Å². The first-order chi connectivity index (χ1) is 9.63. The van der Waals surface area contributed by atoms with Crippen molar-refractivity contribution in [3.05, 3.63) is 70.0 Å². The van der Waals surface area contributed by atoms with Crippen LogP contribution in [0.1, 0.15) is 29.0 Å². The number of hydrogen-bond donors (Lipinski definition) is 1. The van der Waals surface area contributed by atoms with E-state index in [4.69, 9.17) is 17.3 Å². The maximum absolute atomic E-state index is 13.0. The molecule has 0 amide bonds. The first-order valence-electron chi connectivity index (χ1n) is 6.91. The number of rotatable bonds is 4. The van der Waals surface area contributed by atoms with Crippen LogP contribution in [0, 0.1) is 5.82 Å². The van der Waals surface area contributed by atoms with Crippen LogP contribution in [0.25, 0.3) is 0 Å². The highest BCUT2D eigenvalue weighted by atomic mass is 35.5. The summed E-state index contributed by atoms with van der Waals surface area (Å²) in [6.45, 7) is 0. The molecule has 0 aromatic heterocycles. The van der Waals surface area contributed by atoms with Crippen LogP contribution in [0.3, 0.4) is 0 Å². The summed E-state index contributed by atoms with van der Waals surface area (Å²) >= 11 is 6.04. The molecule has 1 aliphatic rings. The lowest BCUT2D eigenvalue weighted by Gasteiger charge is -2.32. The fourth-order valence-electron chi connectivity index (χ4n) is 2.99. The maximum Gasteiger partial charge on any atom is 0.124 e. The van der Waals surface area contributed by atoms with E-state index in [1.807, 2.05) is 0 Å². The Labute approximate surface area is 123 Å². The zero-order chi connectivity index (χ0) is 14.1. The fourth-order valence-corrected chi connectivity index (χ4v) is 3.24. The fraction of sp³-hybridized carbons (Fsp3) is 0.294. The molecular formula is C17H17ClFN. The summed E-state index contributed by atoms with van der Waals surface area (Å²) in [5.41, 5.74) is 10.0. The van der Waals surface area contributed by atoms with Gasteiger partial charge in [0, 0.05) is 11.1 Å². The Hall–Kier alpha value is -1.38. The van der Waals surface area contributed by atoms with E-state index in [1.54, 1.807) is 6.07 Å². The second-order valence-corrected chi connectivity index (χ2v) is 5.94. The standard InChI is InChI=1S/C17H17ClFN/c18-17-10-14(19)6-5-12(17)8-15(20)9-13-7-11-3-1-2-4-16(11)13/h1-6,10,13,15H,7-9,20H2. The van der Waals surface area contributed by atoms with E-state index in [2.05, 4.69) is 24.3 Å². The van der Waals surface area contributed by atoms with Crippen molar-refractivity contribution in [2.75, 3.05) is 0 Å². The molecule has 0 saturated carbocycles. The average molecular weight is 290 g/mol. The quantitative estimate of drug-likeness (QED) is 0.902. The van der Waals surface area contributed by atoms with Gasteiger partial charge in [0.1, 0.15) is 5.82 Å². The Morgan fingerprint density at radius 3 is 2.80 bits per heavy atom. The van der Waals surface area contributed by atoms with Gasteiger partial charge in [0.05, 0.1) is 0 Å². The van der Waals surface area contributed by atoms with E-state index in [0.717, 1.165) is 18.4 Å². The number of benzene rings is 2. The third-order valence-corrected chi connectivity index (χ3v) is 4.40. The van der Waals surface area contributed by atoms with Crippen molar-refractivity contribution in [1.29, 1.82) is 0 Å². The van der Waals surface area contributed by atoms with Gasteiger partial charge in [-0.2, -0.15) is 0 Å². The predicted octanol–water partition coefficient (Wildman–Crippen LogP) is 4.08. The summed E-state index contributed by atoms with van der Waals surface area (Å²) < 4.78 is 13.0. The molecule has 0 aliphatic heterocycles. The second kappa shape index (κ2) is 5.55. The zero-order valence-electron chi connectivity index (χ0n) is 11.2. The molecule has 3 rings (SSSR count). The van der Waals surface area contributed by atoms with Crippen LogP contribution in [0.4, 0.5) is 4.39 Å². The number of hydrogen-bond acceptors (Lipinski definition) is 1. The molecule has 3 heteroatoms. The average Bonchev–Trinajstić information content (AvgIpc) is 2.39. The first-order valence-corrected chi connectivity index (χ1v) is 7.28. The smallest absolute Gasteiger partial charge is 0.124 e. The van der Waals surface area contributed by atoms with Gasteiger partial charge in [-0.1, -0.05) is 41.9 Å². The van der Waals surface area contributed by atoms with Crippen molar-refractivity contribution in [1.82, 2.24) is 0 Å². The molecule has 0 saturated heterocycles. The predicted molar refractivity (Wildman–Crippen MR) is 80.6 cm³/mol. The van der Waals surface area contributed by atoms with Crippen molar-refractivity contribution in [2.24, 2.45) is 5.73 Å². The van der Waals surface area contributed by atoms with Gasteiger partial charge in [-0.05, 0) is 54.0 Å². The first kappa shape index (κ1) is 13.6. The molecule has 1 aliphatic carbocycles. The Bertz CT molecular complexity index is 626. The normalized spacial score (nSPS) is 18.2. The lowest BCUT2D eigenvalue weighted by Crippen LogP contribution is -2.29. The van der Waals surface area contributed by atoms with Gasteiger partial charge in [-0.25, -0.2) is 4.39 Å². The van der Waals surface area contributed by atoms with Gasteiger partial charge in [-0.3, -0.25) is 0 Å². The summed E-state index contributed by atoms with van der Waals surface area (Å²) in [5.74, 6) is 0.251. The van der Waals surface area contributed by atoms with Crippen molar-refractivity contribution in [3.63, 3.8) is 0 Å². The van der Waals surface area contributed by atoms with Crippen LogP contribution in [-0.4, -0.2) is 6.04 Å². The third kappa shape index (κ3) is 2.72. The van der Waals surface area contributed by atoms with Gasteiger partial charge in [0.15, 0.2) is 0 Å². The van der Waals surface area contributed by atoms with E-state index >= 15 is 0 Å². The molecule has 1 nitrogen and oxygen atoms in total. The van der Waals surface area contributed by atoms with Crippen molar-refractivity contribution < 1.29 is 4.39 Å². The molecule has 2 N–H and O–H groups in total.